The molecule has 1 aliphatic heterocycles. The quantitative estimate of drug-likeness (QED) is 0.825. The molecule has 1 N–H and O–H groups in total. The van der Waals surface area contributed by atoms with Crippen molar-refractivity contribution >= 4 is 28.5 Å². The van der Waals surface area contributed by atoms with Gasteiger partial charge in [0.1, 0.15) is 0 Å². The smallest absolute Gasteiger partial charge is 0.254 e. The van der Waals surface area contributed by atoms with Crippen LogP contribution in [0, 0.1) is 3.57 Å². The maximum Gasteiger partial charge on any atom is 0.254 e. The maximum absolute atomic E-state index is 12.6. The average Bonchev–Trinajstić information content (AvgIpc) is 2.46. The van der Waals surface area contributed by atoms with Crippen LogP contribution in [0.3, 0.4) is 0 Å². The second kappa shape index (κ2) is 7.24. The first-order valence-electron chi connectivity index (χ1n) is 6.99. The number of hydrogen-bond donors (Lipinski definition) is 1. The van der Waals surface area contributed by atoms with E-state index in [1.807, 2.05) is 29.2 Å². The molecule has 1 saturated heterocycles. The second-order valence-electron chi connectivity index (χ2n) is 5.01. The Balaban J connectivity index is 2.13. The molecule has 1 unspecified atom stereocenters. The molecule has 0 spiro atoms. The predicted molar refractivity (Wildman–Crippen MR) is 86.4 cm³/mol. The van der Waals surface area contributed by atoms with E-state index < -0.39 is 0 Å². The van der Waals surface area contributed by atoms with Crippen LogP contribution in [0.5, 0.6) is 0 Å². The van der Waals surface area contributed by atoms with Gasteiger partial charge in [-0.15, -0.1) is 0 Å². The van der Waals surface area contributed by atoms with E-state index in [0.29, 0.717) is 6.04 Å². The van der Waals surface area contributed by atoms with Crippen molar-refractivity contribution in [2.45, 2.75) is 32.2 Å². The van der Waals surface area contributed by atoms with E-state index in [2.05, 4.69) is 34.8 Å². The van der Waals surface area contributed by atoms with E-state index in [1.165, 1.54) is 0 Å². The van der Waals surface area contributed by atoms with Gasteiger partial charge in [0, 0.05) is 28.3 Å². The summed E-state index contributed by atoms with van der Waals surface area (Å²) in [6, 6.07) is 8.21. The minimum atomic E-state index is 0.173. The predicted octanol–water partition coefficient (Wildman–Crippen LogP) is 2.90. The molecule has 1 aromatic rings. The Morgan fingerprint density at radius 3 is 2.74 bits per heavy atom. The van der Waals surface area contributed by atoms with Gasteiger partial charge in [0.05, 0.1) is 0 Å². The third-order valence-corrected chi connectivity index (χ3v) is 4.25. The molecule has 1 aliphatic rings. The number of rotatable bonds is 4. The number of halogens is 1. The second-order valence-corrected chi connectivity index (χ2v) is 6.25. The zero-order valence-corrected chi connectivity index (χ0v) is 13.5. The summed E-state index contributed by atoms with van der Waals surface area (Å²) in [7, 11) is 0. The molecule has 0 aromatic heterocycles. The summed E-state index contributed by atoms with van der Waals surface area (Å²) >= 11 is 2.26. The highest BCUT2D eigenvalue weighted by atomic mass is 127. The summed E-state index contributed by atoms with van der Waals surface area (Å²) in [4.78, 5) is 14.7. The summed E-state index contributed by atoms with van der Waals surface area (Å²) in [5.41, 5.74) is 0.805. The minimum Gasteiger partial charge on any atom is -0.334 e. The summed E-state index contributed by atoms with van der Waals surface area (Å²) < 4.78 is 1.16. The van der Waals surface area contributed by atoms with E-state index in [0.717, 1.165) is 48.0 Å². The largest absolute Gasteiger partial charge is 0.334 e. The van der Waals surface area contributed by atoms with Crippen LogP contribution in [0.25, 0.3) is 0 Å². The summed E-state index contributed by atoms with van der Waals surface area (Å²) in [5, 5.41) is 3.39. The third-order valence-electron chi connectivity index (χ3n) is 3.53. The molecule has 0 bridgehead atoms. The Hall–Kier alpha value is -0.620. The van der Waals surface area contributed by atoms with Crippen molar-refractivity contribution in [3.05, 3.63) is 33.4 Å². The standard InChI is InChI=1S/C15H21IN2O/c1-2-10-18(14-4-3-9-17-11-14)15(19)12-5-7-13(16)8-6-12/h5-8,14,17H,2-4,9-11H2,1H3. The normalized spacial score (nSPS) is 19.2. The summed E-state index contributed by atoms with van der Waals surface area (Å²) in [6.45, 7) is 4.98. The lowest BCUT2D eigenvalue weighted by Crippen LogP contribution is -2.49. The van der Waals surface area contributed by atoms with E-state index in [-0.39, 0.29) is 5.91 Å². The van der Waals surface area contributed by atoms with Gasteiger partial charge in [-0.25, -0.2) is 0 Å². The van der Waals surface area contributed by atoms with Crippen LogP contribution in [0.2, 0.25) is 0 Å². The zero-order valence-electron chi connectivity index (χ0n) is 11.4. The van der Waals surface area contributed by atoms with Gasteiger partial charge in [-0.2, -0.15) is 0 Å². The van der Waals surface area contributed by atoms with Gasteiger partial charge in [0.15, 0.2) is 0 Å². The summed E-state index contributed by atoms with van der Waals surface area (Å²) in [5.74, 6) is 0.173. The fourth-order valence-electron chi connectivity index (χ4n) is 2.55. The SMILES string of the molecule is CCCN(C(=O)c1ccc(I)cc1)C1CCCNC1. The van der Waals surface area contributed by atoms with Gasteiger partial charge in [0.2, 0.25) is 0 Å². The molecule has 4 heteroatoms. The Bertz CT molecular complexity index is 413. The molecule has 0 saturated carbocycles. The highest BCUT2D eigenvalue weighted by Crippen LogP contribution is 2.16. The van der Waals surface area contributed by atoms with Gasteiger partial charge in [0.25, 0.3) is 5.91 Å². The Morgan fingerprint density at radius 2 is 2.16 bits per heavy atom. The highest BCUT2D eigenvalue weighted by molar-refractivity contribution is 14.1. The molecule has 1 fully saturated rings. The van der Waals surface area contributed by atoms with Crippen molar-refractivity contribution in [1.29, 1.82) is 0 Å². The van der Waals surface area contributed by atoms with Crippen LogP contribution in [-0.2, 0) is 0 Å². The molecule has 0 aliphatic carbocycles. The highest BCUT2D eigenvalue weighted by Gasteiger charge is 2.25. The fourth-order valence-corrected chi connectivity index (χ4v) is 2.91. The van der Waals surface area contributed by atoms with Crippen LogP contribution < -0.4 is 5.32 Å². The molecular weight excluding hydrogens is 351 g/mol. The first-order valence-corrected chi connectivity index (χ1v) is 8.07. The van der Waals surface area contributed by atoms with Crippen LogP contribution >= 0.6 is 22.6 Å². The number of carbonyl (C=O) groups is 1. The lowest BCUT2D eigenvalue weighted by Gasteiger charge is -2.34. The number of piperidine rings is 1. The van der Waals surface area contributed by atoms with Crippen molar-refractivity contribution in [3.8, 4) is 0 Å². The van der Waals surface area contributed by atoms with E-state index in [1.54, 1.807) is 0 Å². The first-order chi connectivity index (χ1) is 9.22. The number of hydrogen-bond acceptors (Lipinski definition) is 2. The average molecular weight is 372 g/mol. The molecule has 2 rings (SSSR count). The molecular formula is C15H21IN2O. The minimum absolute atomic E-state index is 0.173. The van der Waals surface area contributed by atoms with Crippen LogP contribution in [0.4, 0.5) is 0 Å². The first kappa shape index (κ1) is 14.8. The number of nitrogens with zero attached hydrogens (tertiary/aromatic N) is 1. The topological polar surface area (TPSA) is 32.3 Å². The van der Waals surface area contributed by atoms with Gasteiger partial charge >= 0.3 is 0 Å². The number of benzene rings is 1. The van der Waals surface area contributed by atoms with Crippen LogP contribution in [0.1, 0.15) is 36.5 Å². The van der Waals surface area contributed by atoms with Gasteiger partial charge in [-0.1, -0.05) is 6.92 Å². The van der Waals surface area contributed by atoms with Crippen LogP contribution in [0.15, 0.2) is 24.3 Å². The van der Waals surface area contributed by atoms with Gasteiger partial charge in [-0.3, -0.25) is 4.79 Å². The van der Waals surface area contributed by atoms with E-state index >= 15 is 0 Å². The lowest BCUT2D eigenvalue weighted by atomic mass is 10.0. The third kappa shape index (κ3) is 3.92. The molecule has 19 heavy (non-hydrogen) atoms. The fraction of sp³-hybridized carbons (Fsp3) is 0.533. The molecule has 1 heterocycles. The van der Waals surface area contributed by atoms with Crippen molar-refractivity contribution < 1.29 is 4.79 Å². The molecule has 104 valence electrons. The molecule has 1 aromatic carbocycles. The number of amides is 1. The zero-order chi connectivity index (χ0) is 13.7. The molecule has 1 atom stereocenters. The number of nitrogens with one attached hydrogen (secondary N) is 1. The Labute approximate surface area is 128 Å². The molecule has 1 amide bonds. The van der Waals surface area contributed by atoms with Crippen molar-refractivity contribution in [2.24, 2.45) is 0 Å². The van der Waals surface area contributed by atoms with Crippen LogP contribution in [-0.4, -0.2) is 36.5 Å². The Morgan fingerprint density at radius 1 is 1.42 bits per heavy atom. The van der Waals surface area contributed by atoms with Crippen molar-refractivity contribution in [2.75, 3.05) is 19.6 Å². The molecule has 3 nitrogen and oxygen atoms in total. The van der Waals surface area contributed by atoms with Gasteiger partial charge in [-0.05, 0) is 72.7 Å². The van der Waals surface area contributed by atoms with Crippen molar-refractivity contribution in [1.82, 2.24) is 10.2 Å². The monoisotopic (exact) mass is 372 g/mol. The van der Waals surface area contributed by atoms with E-state index in [9.17, 15) is 4.79 Å². The summed E-state index contributed by atoms with van der Waals surface area (Å²) in [6.07, 6.45) is 3.28. The van der Waals surface area contributed by atoms with E-state index in [4.69, 9.17) is 0 Å². The maximum atomic E-state index is 12.6. The van der Waals surface area contributed by atoms with Gasteiger partial charge < -0.3 is 10.2 Å². The Kier molecular flexibility index (Phi) is 5.63. The number of carbonyl (C=O) groups excluding carboxylic acids is 1. The molecule has 0 radical (unpaired) electrons. The lowest BCUT2D eigenvalue weighted by molar-refractivity contribution is 0.0649. The van der Waals surface area contributed by atoms with Crippen molar-refractivity contribution in [3.63, 3.8) is 0 Å².